The van der Waals surface area contributed by atoms with Crippen molar-refractivity contribution >= 4 is 6.21 Å². The van der Waals surface area contributed by atoms with Crippen molar-refractivity contribution in [3.05, 3.63) is 34.9 Å². The molecule has 0 fully saturated rings. The Bertz CT molecular complexity index is 343. The van der Waals surface area contributed by atoms with Gasteiger partial charge in [-0.3, -0.25) is 0 Å². The third-order valence-electron chi connectivity index (χ3n) is 1.35. The average molecular weight is 166 g/mol. The van der Waals surface area contributed by atoms with E-state index in [4.69, 9.17) is 10.7 Å². The van der Waals surface area contributed by atoms with Crippen LogP contribution < -0.4 is 0 Å². The quantitative estimate of drug-likeness (QED) is 0.635. The summed E-state index contributed by atoms with van der Waals surface area (Å²) in [7, 11) is 0. The zero-order valence-corrected chi connectivity index (χ0v) is 5.94. The molecule has 0 amide bonds. The monoisotopic (exact) mass is 166 g/mol. The van der Waals surface area contributed by atoms with Crippen molar-refractivity contribution in [2.45, 2.75) is 0 Å². The van der Waals surface area contributed by atoms with E-state index in [0.29, 0.717) is 6.21 Å². The Labute approximate surface area is 67.6 Å². The minimum absolute atomic E-state index is 0.0874. The first-order chi connectivity index (χ1) is 5.69. The maximum absolute atomic E-state index is 12.8. The molecule has 1 aromatic carbocycles. The van der Waals surface area contributed by atoms with Crippen LogP contribution in [0.25, 0.3) is 0 Å². The molecule has 2 nitrogen and oxygen atoms in total. The standard InChI is InChI=1S/C8H4F2N2/c9-7-1-5(3-11)2-8(10)6(7)4-12/h1-2,4,12H. The van der Waals surface area contributed by atoms with Crippen molar-refractivity contribution in [2.75, 3.05) is 0 Å². The first kappa shape index (κ1) is 8.34. The lowest BCUT2D eigenvalue weighted by Crippen LogP contribution is -1.94. The van der Waals surface area contributed by atoms with Gasteiger partial charge in [0.1, 0.15) is 11.6 Å². The number of halogens is 2. The molecule has 0 aliphatic rings. The Kier molecular flexibility index (Phi) is 2.15. The Balaban J connectivity index is 3.39. The molecule has 0 aliphatic heterocycles. The lowest BCUT2D eigenvalue weighted by atomic mass is 10.1. The number of hydrogen-bond donors (Lipinski definition) is 1. The van der Waals surface area contributed by atoms with Gasteiger partial charge in [-0.15, -0.1) is 0 Å². The highest BCUT2D eigenvalue weighted by atomic mass is 19.1. The fourth-order valence-electron chi connectivity index (χ4n) is 0.787. The fraction of sp³-hybridized carbons (Fsp3) is 0. The molecule has 0 aromatic heterocycles. The summed E-state index contributed by atoms with van der Waals surface area (Å²) < 4.78 is 25.5. The van der Waals surface area contributed by atoms with Gasteiger partial charge in [-0.2, -0.15) is 5.26 Å². The molecular formula is C8H4F2N2. The summed E-state index contributed by atoms with van der Waals surface area (Å²) in [6.45, 7) is 0. The van der Waals surface area contributed by atoms with Gasteiger partial charge >= 0.3 is 0 Å². The van der Waals surface area contributed by atoms with Crippen LogP contribution in [0.3, 0.4) is 0 Å². The van der Waals surface area contributed by atoms with E-state index in [1.54, 1.807) is 6.07 Å². The van der Waals surface area contributed by atoms with Gasteiger partial charge in [0.15, 0.2) is 0 Å². The van der Waals surface area contributed by atoms with E-state index in [1.807, 2.05) is 0 Å². The first-order valence-corrected chi connectivity index (χ1v) is 3.08. The van der Waals surface area contributed by atoms with E-state index in [9.17, 15) is 8.78 Å². The molecule has 0 bridgehead atoms. The van der Waals surface area contributed by atoms with Crippen LogP contribution in [0.1, 0.15) is 11.1 Å². The maximum atomic E-state index is 12.8. The lowest BCUT2D eigenvalue weighted by molar-refractivity contribution is 0.579. The van der Waals surface area contributed by atoms with Crippen LogP contribution in [-0.4, -0.2) is 6.21 Å². The zero-order chi connectivity index (χ0) is 9.14. The molecular weight excluding hydrogens is 162 g/mol. The molecule has 0 heterocycles. The predicted octanol–water partition coefficient (Wildman–Crippen LogP) is 1.83. The summed E-state index contributed by atoms with van der Waals surface area (Å²) in [5.74, 6) is -1.77. The second-order valence-electron chi connectivity index (χ2n) is 2.11. The molecule has 60 valence electrons. The third kappa shape index (κ3) is 1.30. The molecule has 0 unspecified atom stereocenters. The summed E-state index contributed by atoms with van der Waals surface area (Å²) >= 11 is 0. The van der Waals surface area contributed by atoms with Crippen LogP contribution in [0.5, 0.6) is 0 Å². The molecule has 0 spiro atoms. The topological polar surface area (TPSA) is 47.6 Å². The van der Waals surface area contributed by atoms with Gasteiger partial charge in [0.05, 0.1) is 17.2 Å². The Morgan fingerprint density at radius 2 is 1.83 bits per heavy atom. The molecule has 1 rings (SSSR count). The van der Waals surface area contributed by atoms with Gasteiger partial charge in [-0.1, -0.05) is 0 Å². The molecule has 0 aliphatic carbocycles. The van der Waals surface area contributed by atoms with E-state index < -0.39 is 17.2 Å². The predicted molar refractivity (Wildman–Crippen MR) is 39.0 cm³/mol. The highest BCUT2D eigenvalue weighted by molar-refractivity contribution is 5.78. The molecule has 0 saturated carbocycles. The van der Waals surface area contributed by atoms with Gasteiger partial charge in [0.25, 0.3) is 0 Å². The van der Waals surface area contributed by atoms with Crippen LogP contribution in [0.15, 0.2) is 12.1 Å². The smallest absolute Gasteiger partial charge is 0.136 e. The van der Waals surface area contributed by atoms with Crippen LogP contribution >= 0.6 is 0 Å². The highest BCUT2D eigenvalue weighted by Gasteiger charge is 2.07. The molecule has 1 aromatic rings. The van der Waals surface area contributed by atoms with Gasteiger partial charge in [0, 0.05) is 6.21 Å². The Morgan fingerprint density at radius 3 is 2.17 bits per heavy atom. The SMILES string of the molecule is N#Cc1cc(F)c(C=N)c(F)c1. The van der Waals surface area contributed by atoms with Crippen molar-refractivity contribution in [3.8, 4) is 6.07 Å². The van der Waals surface area contributed by atoms with Gasteiger partial charge in [-0.25, -0.2) is 8.78 Å². The van der Waals surface area contributed by atoms with Crippen LogP contribution in [-0.2, 0) is 0 Å². The van der Waals surface area contributed by atoms with Crippen molar-refractivity contribution in [1.82, 2.24) is 0 Å². The fourth-order valence-corrected chi connectivity index (χ4v) is 0.787. The average Bonchev–Trinajstić information content (AvgIpc) is 2.03. The van der Waals surface area contributed by atoms with Crippen LogP contribution in [0.4, 0.5) is 8.78 Å². The molecule has 0 saturated heterocycles. The molecule has 12 heavy (non-hydrogen) atoms. The van der Waals surface area contributed by atoms with E-state index in [2.05, 4.69) is 0 Å². The second-order valence-corrected chi connectivity index (χ2v) is 2.11. The number of hydrogen-bond acceptors (Lipinski definition) is 2. The largest absolute Gasteiger partial charge is 0.308 e. The summed E-state index contributed by atoms with van der Waals surface area (Å²) in [5, 5.41) is 15.0. The van der Waals surface area contributed by atoms with Crippen molar-refractivity contribution in [3.63, 3.8) is 0 Å². The molecule has 0 radical (unpaired) electrons. The Hall–Kier alpha value is -1.76. The minimum atomic E-state index is -0.887. The van der Waals surface area contributed by atoms with Crippen LogP contribution in [0, 0.1) is 28.4 Å². The minimum Gasteiger partial charge on any atom is -0.308 e. The number of nitrogens with one attached hydrogen (secondary N) is 1. The number of benzene rings is 1. The first-order valence-electron chi connectivity index (χ1n) is 3.08. The highest BCUT2D eigenvalue weighted by Crippen LogP contribution is 2.12. The molecule has 0 atom stereocenters. The van der Waals surface area contributed by atoms with Gasteiger partial charge in [0.2, 0.25) is 0 Å². The normalized spacial score (nSPS) is 9.08. The number of nitriles is 1. The summed E-state index contributed by atoms with van der Waals surface area (Å²) in [4.78, 5) is 0. The van der Waals surface area contributed by atoms with Crippen molar-refractivity contribution in [1.29, 1.82) is 10.7 Å². The lowest BCUT2D eigenvalue weighted by Gasteiger charge is -1.97. The number of nitrogens with zero attached hydrogens (tertiary/aromatic N) is 1. The zero-order valence-electron chi connectivity index (χ0n) is 5.94. The van der Waals surface area contributed by atoms with E-state index in [1.165, 1.54) is 0 Å². The Morgan fingerprint density at radius 1 is 1.33 bits per heavy atom. The van der Waals surface area contributed by atoms with E-state index >= 15 is 0 Å². The molecule has 4 heteroatoms. The van der Waals surface area contributed by atoms with E-state index in [0.717, 1.165) is 12.1 Å². The second kappa shape index (κ2) is 3.09. The van der Waals surface area contributed by atoms with Crippen molar-refractivity contribution < 1.29 is 8.78 Å². The summed E-state index contributed by atoms with van der Waals surface area (Å²) in [6, 6.07) is 3.39. The molecule has 1 N–H and O–H groups in total. The van der Waals surface area contributed by atoms with Gasteiger partial charge in [-0.05, 0) is 12.1 Å². The maximum Gasteiger partial charge on any atom is 0.136 e. The summed E-state index contributed by atoms with van der Waals surface area (Å²) in [5.41, 5.74) is -0.510. The number of rotatable bonds is 1. The van der Waals surface area contributed by atoms with Gasteiger partial charge < -0.3 is 5.41 Å². The van der Waals surface area contributed by atoms with Crippen LogP contribution in [0.2, 0.25) is 0 Å². The third-order valence-corrected chi connectivity index (χ3v) is 1.35. The van der Waals surface area contributed by atoms with Crippen molar-refractivity contribution in [2.24, 2.45) is 0 Å². The summed E-state index contributed by atoms with van der Waals surface area (Å²) in [6.07, 6.45) is 0.575. The van der Waals surface area contributed by atoms with E-state index in [-0.39, 0.29) is 5.56 Å².